The third-order valence-corrected chi connectivity index (χ3v) is 1.92. The van der Waals surface area contributed by atoms with Crippen molar-refractivity contribution in [3.63, 3.8) is 0 Å². The van der Waals surface area contributed by atoms with E-state index in [4.69, 9.17) is 0 Å². The van der Waals surface area contributed by atoms with Crippen molar-refractivity contribution in [2.24, 2.45) is 0 Å². The first-order valence-electron chi connectivity index (χ1n) is 4.50. The Labute approximate surface area is 90.1 Å². The van der Waals surface area contributed by atoms with E-state index in [0.29, 0.717) is 0 Å². The molecule has 0 amide bonds. The number of alkyl halides is 3. The topological polar surface area (TPSA) is 34.1 Å². The number of hydrogen-bond acceptors (Lipinski definition) is 2. The maximum absolute atomic E-state index is 12.3. The van der Waals surface area contributed by atoms with Crippen molar-refractivity contribution in [1.29, 1.82) is 0 Å². The Morgan fingerprint density at radius 1 is 1.25 bits per heavy atom. The van der Waals surface area contributed by atoms with Crippen LogP contribution in [0.15, 0.2) is 24.3 Å². The first-order valence-corrected chi connectivity index (χ1v) is 4.50. The third-order valence-electron chi connectivity index (χ3n) is 1.92. The van der Waals surface area contributed by atoms with Crippen LogP contribution in [0.5, 0.6) is 0 Å². The van der Waals surface area contributed by atoms with E-state index < -0.39 is 17.5 Å². The lowest BCUT2D eigenvalue weighted by Crippen LogP contribution is -2.09. The van der Waals surface area contributed by atoms with Crippen molar-refractivity contribution in [3.05, 3.63) is 35.4 Å². The first-order chi connectivity index (χ1) is 7.30. The highest BCUT2D eigenvalue weighted by Crippen LogP contribution is 2.29. The van der Waals surface area contributed by atoms with Crippen molar-refractivity contribution in [3.8, 4) is 0 Å². The molecule has 5 heteroatoms. The number of benzene rings is 1. The fourth-order valence-corrected chi connectivity index (χ4v) is 1.20. The minimum absolute atomic E-state index is 0.0926. The number of carbonyl (C=O) groups excluding carboxylic acids is 2. The molecule has 0 aliphatic rings. The highest BCUT2D eigenvalue weighted by atomic mass is 19.4. The second kappa shape index (κ2) is 4.47. The van der Waals surface area contributed by atoms with Crippen LogP contribution < -0.4 is 0 Å². The minimum Gasteiger partial charge on any atom is -0.300 e. The monoisotopic (exact) mass is 230 g/mol. The molecule has 0 spiro atoms. The van der Waals surface area contributed by atoms with Gasteiger partial charge in [0.05, 0.1) is 12.0 Å². The molecule has 0 aromatic heterocycles. The van der Waals surface area contributed by atoms with Gasteiger partial charge in [-0.25, -0.2) is 0 Å². The van der Waals surface area contributed by atoms with Crippen LogP contribution in [0.25, 0.3) is 0 Å². The summed E-state index contributed by atoms with van der Waals surface area (Å²) in [4.78, 5) is 22.0. The molecule has 0 heterocycles. The number of hydrogen-bond donors (Lipinski definition) is 0. The lowest BCUT2D eigenvalue weighted by molar-refractivity contribution is -0.137. The Morgan fingerprint density at radius 3 is 2.38 bits per heavy atom. The van der Waals surface area contributed by atoms with E-state index >= 15 is 0 Å². The van der Waals surface area contributed by atoms with Gasteiger partial charge in [0.15, 0.2) is 5.78 Å². The molecule has 86 valence electrons. The average Bonchev–Trinajstić information content (AvgIpc) is 2.15. The molecular weight excluding hydrogens is 221 g/mol. The lowest BCUT2D eigenvalue weighted by Gasteiger charge is -2.07. The molecule has 2 nitrogen and oxygen atoms in total. The molecule has 0 bridgehead atoms. The second-order valence-electron chi connectivity index (χ2n) is 3.38. The zero-order chi connectivity index (χ0) is 12.3. The van der Waals surface area contributed by atoms with E-state index in [1.54, 1.807) is 0 Å². The first kappa shape index (κ1) is 12.4. The Morgan fingerprint density at radius 2 is 1.88 bits per heavy atom. The van der Waals surface area contributed by atoms with Gasteiger partial charge in [0, 0.05) is 5.56 Å². The van der Waals surface area contributed by atoms with Gasteiger partial charge in [-0.15, -0.1) is 0 Å². The summed E-state index contributed by atoms with van der Waals surface area (Å²) < 4.78 is 36.9. The molecular formula is C11H9F3O2. The standard InChI is InChI=1S/C11H9F3O2/c1-7(15)5-10(16)8-3-2-4-9(6-8)11(12,13)14/h2-4,6H,5H2,1H3. The third kappa shape index (κ3) is 3.18. The molecule has 0 atom stereocenters. The molecule has 0 aliphatic heterocycles. The zero-order valence-corrected chi connectivity index (χ0v) is 8.47. The van der Waals surface area contributed by atoms with Crippen LogP contribution in [0.4, 0.5) is 13.2 Å². The van der Waals surface area contributed by atoms with Crippen LogP contribution in [0.3, 0.4) is 0 Å². The number of carbonyl (C=O) groups is 2. The van der Waals surface area contributed by atoms with Crippen molar-refractivity contribution in [1.82, 2.24) is 0 Å². The fourth-order valence-electron chi connectivity index (χ4n) is 1.20. The van der Waals surface area contributed by atoms with E-state index in [1.165, 1.54) is 13.0 Å². The number of ketones is 2. The van der Waals surface area contributed by atoms with Crippen molar-refractivity contribution >= 4 is 11.6 Å². The quantitative estimate of drug-likeness (QED) is 0.591. The lowest BCUT2D eigenvalue weighted by atomic mass is 10.0. The van der Waals surface area contributed by atoms with Crippen molar-refractivity contribution in [2.45, 2.75) is 19.5 Å². The SMILES string of the molecule is CC(=O)CC(=O)c1cccc(C(F)(F)F)c1. The number of Topliss-reactive ketones (excluding diaryl/α,β-unsaturated/α-hetero) is 2. The van der Waals surface area contributed by atoms with E-state index in [9.17, 15) is 22.8 Å². The molecule has 0 N–H and O–H groups in total. The summed E-state index contributed by atoms with van der Waals surface area (Å²) in [6.07, 6.45) is -4.85. The summed E-state index contributed by atoms with van der Waals surface area (Å²) in [6, 6.07) is 4.05. The number of halogens is 3. The van der Waals surface area contributed by atoms with Gasteiger partial charge in [0.1, 0.15) is 5.78 Å². The van der Waals surface area contributed by atoms with Crippen LogP contribution in [0.2, 0.25) is 0 Å². The predicted molar refractivity (Wildman–Crippen MR) is 51.1 cm³/mol. The van der Waals surface area contributed by atoms with E-state index in [2.05, 4.69) is 0 Å². The maximum atomic E-state index is 12.3. The number of rotatable bonds is 3. The van der Waals surface area contributed by atoms with Gasteiger partial charge in [0.2, 0.25) is 0 Å². The molecule has 1 rings (SSSR count). The molecule has 0 saturated heterocycles. The van der Waals surface area contributed by atoms with E-state index in [1.807, 2.05) is 0 Å². The summed E-state index contributed by atoms with van der Waals surface area (Å²) in [5.41, 5.74) is -0.980. The van der Waals surface area contributed by atoms with Crippen LogP contribution >= 0.6 is 0 Å². The predicted octanol–water partition coefficient (Wildman–Crippen LogP) is 2.87. The normalized spacial score (nSPS) is 11.2. The van der Waals surface area contributed by atoms with Crippen molar-refractivity contribution < 1.29 is 22.8 Å². The Balaban J connectivity index is 2.99. The Bertz CT molecular complexity index is 421. The van der Waals surface area contributed by atoms with Gasteiger partial charge in [-0.05, 0) is 19.1 Å². The molecule has 0 aliphatic carbocycles. The highest BCUT2D eigenvalue weighted by Gasteiger charge is 2.30. The van der Waals surface area contributed by atoms with E-state index in [0.717, 1.165) is 18.2 Å². The van der Waals surface area contributed by atoms with Gasteiger partial charge in [-0.1, -0.05) is 12.1 Å². The summed E-state index contributed by atoms with van der Waals surface area (Å²) in [6.45, 7) is 1.21. The smallest absolute Gasteiger partial charge is 0.300 e. The van der Waals surface area contributed by atoms with Gasteiger partial charge >= 0.3 is 6.18 Å². The van der Waals surface area contributed by atoms with Crippen molar-refractivity contribution in [2.75, 3.05) is 0 Å². The van der Waals surface area contributed by atoms with Gasteiger partial charge in [0.25, 0.3) is 0 Å². The van der Waals surface area contributed by atoms with Gasteiger partial charge in [-0.3, -0.25) is 9.59 Å². The minimum atomic E-state index is -4.48. The summed E-state index contributed by atoms with van der Waals surface area (Å²) in [5, 5.41) is 0. The zero-order valence-electron chi connectivity index (χ0n) is 8.47. The van der Waals surface area contributed by atoms with Crippen LogP contribution in [-0.2, 0) is 11.0 Å². The molecule has 0 unspecified atom stereocenters. The van der Waals surface area contributed by atoms with E-state index in [-0.39, 0.29) is 17.8 Å². The largest absolute Gasteiger partial charge is 0.416 e. The second-order valence-corrected chi connectivity index (χ2v) is 3.38. The molecule has 1 aromatic carbocycles. The maximum Gasteiger partial charge on any atom is 0.416 e. The Hall–Kier alpha value is -1.65. The molecule has 0 fully saturated rings. The van der Waals surface area contributed by atoms with Gasteiger partial charge < -0.3 is 0 Å². The summed E-state index contributed by atoms with van der Waals surface area (Å²) in [5.74, 6) is -0.971. The van der Waals surface area contributed by atoms with Gasteiger partial charge in [-0.2, -0.15) is 13.2 Å². The average molecular weight is 230 g/mol. The highest BCUT2D eigenvalue weighted by molar-refractivity contribution is 6.07. The molecule has 0 radical (unpaired) electrons. The van der Waals surface area contributed by atoms with Crippen LogP contribution in [0, 0.1) is 0 Å². The van der Waals surface area contributed by atoms with Crippen LogP contribution in [-0.4, -0.2) is 11.6 Å². The Kier molecular flexibility index (Phi) is 3.47. The molecule has 1 aromatic rings. The summed E-state index contributed by atoms with van der Waals surface area (Å²) >= 11 is 0. The fraction of sp³-hybridized carbons (Fsp3) is 0.273. The van der Waals surface area contributed by atoms with Crippen LogP contribution in [0.1, 0.15) is 29.3 Å². The molecule has 0 saturated carbocycles. The molecule has 16 heavy (non-hydrogen) atoms. The summed E-state index contributed by atoms with van der Waals surface area (Å²) in [7, 11) is 0.